The summed E-state index contributed by atoms with van der Waals surface area (Å²) in [6, 6.07) is 4.06. The molecule has 0 bridgehead atoms. The van der Waals surface area contributed by atoms with Gasteiger partial charge in [-0.05, 0) is 25.5 Å². The zero-order valence-electron chi connectivity index (χ0n) is 7.54. The van der Waals surface area contributed by atoms with Crippen LogP contribution in [0.2, 0.25) is 0 Å². The summed E-state index contributed by atoms with van der Waals surface area (Å²) in [5.74, 6) is 0. The second-order valence-electron chi connectivity index (χ2n) is 2.77. The predicted octanol–water partition coefficient (Wildman–Crippen LogP) is 1.67. The van der Waals surface area contributed by atoms with Crippen LogP contribution in [0, 0.1) is 13.8 Å². The van der Waals surface area contributed by atoms with Crippen molar-refractivity contribution in [1.29, 1.82) is 0 Å². The first-order chi connectivity index (χ1) is 5.74. The maximum Gasteiger partial charge on any atom is 0.0447 e. The highest BCUT2D eigenvalue weighted by Crippen LogP contribution is 2.07. The molecule has 1 aromatic heterocycles. The van der Waals surface area contributed by atoms with Gasteiger partial charge in [0.25, 0.3) is 0 Å². The van der Waals surface area contributed by atoms with Gasteiger partial charge in [0.05, 0.1) is 0 Å². The van der Waals surface area contributed by atoms with Gasteiger partial charge in [0.2, 0.25) is 0 Å². The van der Waals surface area contributed by atoms with Crippen LogP contribution in [0.15, 0.2) is 18.2 Å². The van der Waals surface area contributed by atoms with Crippen LogP contribution in [-0.2, 0) is 0 Å². The minimum atomic E-state index is 0.577. The van der Waals surface area contributed by atoms with Gasteiger partial charge >= 0.3 is 0 Å². The largest absolute Gasteiger partial charge is 0.327 e. The topological polar surface area (TPSA) is 38.9 Å². The fraction of sp³-hybridized carbons (Fsp3) is 0.300. The van der Waals surface area contributed by atoms with Crippen molar-refractivity contribution in [3.05, 3.63) is 35.2 Å². The summed E-state index contributed by atoms with van der Waals surface area (Å²) in [5, 5.41) is 0. The minimum absolute atomic E-state index is 0.577. The first kappa shape index (κ1) is 8.94. The Balaban J connectivity index is 2.94. The molecule has 0 aliphatic rings. The standard InChI is InChI=1S/C10H14N2/c1-8-5-6-10(4-3-7-11)9(2)12-8/h3-6H,7,11H2,1-2H3. The number of nitrogens with zero attached hydrogens (tertiary/aromatic N) is 1. The van der Waals surface area contributed by atoms with Gasteiger partial charge in [-0.25, -0.2) is 0 Å². The van der Waals surface area contributed by atoms with Gasteiger partial charge in [-0.15, -0.1) is 0 Å². The number of aryl methyl sites for hydroxylation is 2. The van der Waals surface area contributed by atoms with E-state index in [1.165, 1.54) is 0 Å². The zero-order chi connectivity index (χ0) is 8.97. The molecule has 0 aromatic carbocycles. The van der Waals surface area contributed by atoms with Gasteiger partial charge in [-0.3, -0.25) is 4.98 Å². The van der Waals surface area contributed by atoms with Crippen LogP contribution in [0.5, 0.6) is 0 Å². The van der Waals surface area contributed by atoms with Crippen LogP contribution in [0.3, 0.4) is 0 Å². The zero-order valence-corrected chi connectivity index (χ0v) is 7.54. The Labute approximate surface area is 73.1 Å². The minimum Gasteiger partial charge on any atom is -0.327 e. The number of aromatic nitrogens is 1. The molecule has 0 spiro atoms. The molecule has 12 heavy (non-hydrogen) atoms. The Morgan fingerprint density at radius 3 is 2.75 bits per heavy atom. The number of nitrogens with two attached hydrogens (primary N) is 1. The number of pyridine rings is 1. The molecule has 2 heteroatoms. The molecule has 1 rings (SSSR count). The van der Waals surface area contributed by atoms with E-state index in [0.717, 1.165) is 17.0 Å². The van der Waals surface area contributed by atoms with Gasteiger partial charge in [-0.1, -0.05) is 18.2 Å². The Kier molecular flexibility index (Phi) is 3.00. The van der Waals surface area contributed by atoms with Gasteiger partial charge in [0.1, 0.15) is 0 Å². The average molecular weight is 162 g/mol. The molecule has 0 aliphatic heterocycles. The fourth-order valence-electron chi connectivity index (χ4n) is 1.07. The maximum atomic E-state index is 5.35. The molecule has 0 saturated carbocycles. The van der Waals surface area contributed by atoms with Crippen LogP contribution in [0.1, 0.15) is 17.0 Å². The molecule has 0 atom stereocenters. The van der Waals surface area contributed by atoms with Crippen LogP contribution in [0.25, 0.3) is 6.08 Å². The van der Waals surface area contributed by atoms with E-state index in [9.17, 15) is 0 Å². The second-order valence-corrected chi connectivity index (χ2v) is 2.77. The van der Waals surface area contributed by atoms with E-state index in [1.54, 1.807) is 0 Å². The Morgan fingerprint density at radius 2 is 2.17 bits per heavy atom. The summed E-state index contributed by atoms with van der Waals surface area (Å²) >= 11 is 0. The van der Waals surface area contributed by atoms with Crippen LogP contribution >= 0.6 is 0 Å². The first-order valence-corrected chi connectivity index (χ1v) is 4.05. The lowest BCUT2D eigenvalue weighted by Crippen LogP contribution is -1.93. The van der Waals surface area contributed by atoms with E-state index in [2.05, 4.69) is 11.1 Å². The van der Waals surface area contributed by atoms with Gasteiger partial charge in [0, 0.05) is 17.9 Å². The summed E-state index contributed by atoms with van der Waals surface area (Å²) in [7, 11) is 0. The summed E-state index contributed by atoms with van der Waals surface area (Å²) in [5.41, 5.74) is 8.60. The SMILES string of the molecule is Cc1ccc(C=CCN)c(C)n1. The van der Waals surface area contributed by atoms with E-state index < -0.39 is 0 Å². The van der Waals surface area contributed by atoms with E-state index in [4.69, 9.17) is 5.73 Å². The van der Waals surface area contributed by atoms with E-state index >= 15 is 0 Å². The van der Waals surface area contributed by atoms with Gasteiger partial charge < -0.3 is 5.73 Å². The van der Waals surface area contributed by atoms with E-state index in [-0.39, 0.29) is 0 Å². The van der Waals surface area contributed by atoms with Crippen molar-refractivity contribution in [1.82, 2.24) is 4.98 Å². The summed E-state index contributed by atoms with van der Waals surface area (Å²) in [6.45, 7) is 4.57. The molecular weight excluding hydrogens is 148 g/mol. The summed E-state index contributed by atoms with van der Waals surface area (Å²) in [6.07, 6.45) is 3.93. The molecule has 1 aromatic rings. The van der Waals surface area contributed by atoms with Crippen molar-refractivity contribution < 1.29 is 0 Å². The van der Waals surface area contributed by atoms with Crippen molar-refractivity contribution in [3.8, 4) is 0 Å². The Bertz CT molecular complexity index is 290. The van der Waals surface area contributed by atoms with Crippen molar-refractivity contribution in [2.75, 3.05) is 6.54 Å². The smallest absolute Gasteiger partial charge is 0.0447 e. The first-order valence-electron chi connectivity index (χ1n) is 4.05. The predicted molar refractivity (Wildman–Crippen MR) is 51.8 cm³/mol. The molecule has 2 nitrogen and oxygen atoms in total. The third kappa shape index (κ3) is 2.17. The third-order valence-corrected chi connectivity index (χ3v) is 1.70. The highest BCUT2D eigenvalue weighted by molar-refractivity contribution is 5.51. The van der Waals surface area contributed by atoms with Crippen molar-refractivity contribution in [2.24, 2.45) is 5.73 Å². The highest BCUT2D eigenvalue weighted by atomic mass is 14.7. The normalized spacial score (nSPS) is 10.9. The molecule has 0 amide bonds. The van der Waals surface area contributed by atoms with Gasteiger partial charge in [-0.2, -0.15) is 0 Å². The quantitative estimate of drug-likeness (QED) is 0.718. The Hall–Kier alpha value is -1.15. The number of hydrogen-bond acceptors (Lipinski definition) is 2. The van der Waals surface area contributed by atoms with E-state index in [1.807, 2.05) is 32.1 Å². The van der Waals surface area contributed by atoms with Crippen molar-refractivity contribution in [2.45, 2.75) is 13.8 Å². The van der Waals surface area contributed by atoms with Crippen LogP contribution in [0.4, 0.5) is 0 Å². The summed E-state index contributed by atoms with van der Waals surface area (Å²) < 4.78 is 0. The maximum absolute atomic E-state index is 5.35. The van der Waals surface area contributed by atoms with Crippen molar-refractivity contribution >= 4 is 6.08 Å². The monoisotopic (exact) mass is 162 g/mol. The molecule has 0 unspecified atom stereocenters. The van der Waals surface area contributed by atoms with Gasteiger partial charge in [0.15, 0.2) is 0 Å². The lowest BCUT2D eigenvalue weighted by Gasteiger charge is -1.99. The third-order valence-electron chi connectivity index (χ3n) is 1.70. The average Bonchev–Trinajstić information content (AvgIpc) is 2.03. The lowest BCUT2D eigenvalue weighted by molar-refractivity contribution is 1.11. The molecule has 0 aliphatic carbocycles. The number of rotatable bonds is 2. The molecule has 0 fully saturated rings. The molecular formula is C10H14N2. The summed E-state index contributed by atoms with van der Waals surface area (Å²) in [4.78, 5) is 4.33. The van der Waals surface area contributed by atoms with E-state index in [0.29, 0.717) is 6.54 Å². The number of hydrogen-bond donors (Lipinski definition) is 1. The lowest BCUT2D eigenvalue weighted by atomic mass is 10.2. The van der Waals surface area contributed by atoms with Crippen LogP contribution in [-0.4, -0.2) is 11.5 Å². The molecule has 0 saturated heterocycles. The molecule has 2 N–H and O–H groups in total. The molecule has 64 valence electrons. The van der Waals surface area contributed by atoms with Crippen LogP contribution < -0.4 is 5.73 Å². The second kappa shape index (κ2) is 4.02. The molecule has 1 heterocycles. The fourth-order valence-corrected chi connectivity index (χ4v) is 1.07. The van der Waals surface area contributed by atoms with Crippen molar-refractivity contribution in [3.63, 3.8) is 0 Å². The Morgan fingerprint density at radius 1 is 1.42 bits per heavy atom. The molecule has 0 radical (unpaired) electrons. The highest BCUT2D eigenvalue weighted by Gasteiger charge is 1.94.